The fourth-order valence-corrected chi connectivity index (χ4v) is 6.53. The molecule has 5 rings (SSSR count). The number of rotatable bonds is 7. The molecule has 2 aromatic carbocycles. The smallest absolute Gasteiger partial charge is 0.400 e. The first-order chi connectivity index (χ1) is 19.1. The highest BCUT2D eigenvalue weighted by molar-refractivity contribution is 5.29. The highest BCUT2D eigenvalue weighted by atomic mass is 19.3. The van der Waals surface area contributed by atoms with Gasteiger partial charge in [0.2, 0.25) is 0 Å². The summed E-state index contributed by atoms with van der Waals surface area (Å²) in [5.74, 6) is -6.05. The maximum absolute atomic E-state index is 15.1. The zero-order valence-electron chi connectivity index (χ0n) is 22.2. The number of alkyl halides is 2. The van der Waals surface area contributed by atoms with Crippen LogP contribution in [0, 0.1) is 46.9 Å². The highest BCUT2D eigenvalue weighted by Gasteiger charge is 2.45. The quantitative estimate of drug-likeness (QED) is 0.190. The molecule has 1 heterocycles. The molecule has 0 bridgehead atoms. The normalized spacial score (nSPS) is 29.6. The summed E-state index contributed by atoms with van der Waals surface area (Å²) in [6.45, 7) is 4.72. The van der Waals surface area contributed by atoms with Crippen molar-refractivity contribution in [3.8, 4) is 5.75 Å². The summed E-state index contributed by atoms with van der Waals surface area (Å²) in [6.07, 6.45) is 2.69. The van der Waals surface area contributed by atoms with E-state index < -0.39 is 41.5 Å². The van der Waals surface area contributed by atoms with Crippen LogP contribution < -0.4 is 4.74 Å². The molecular formula is C31H34F6O3. The van der Waals surface area contributed by atoms with Crippen molar-refractivity contribution in [2.45, 2.75) is 69.7 Å². The van der Waals surface area contributed by atoms with Gasteiger partial charge in [-0.2, -0.15) is 8.78 Å². The minimum Gasteiger partial charge on any atom is -0.432 e. The third-order valence-corrected chi connectivity index (χ3v) is 8.89. The van der Waals surface area contributed by atoms with Crippen LogP contribution in [0.5, 0.6) is 5.75 Å². The molecule has 2 aliphatic carbocycles. The van der Waals surface area contributed by atoms with Gasteiger partial charge in [0, 0.05) is 23.6 Å². The van der Waals surface area contributed by atoms with E-state index in [4.69, 9.17) is 9.47 Å². The first-order valence-corrected chi connectivity index (χ1v) is 14.0. The monoisotopic (exact) mass is 568 g/mol. The molecule has 9 heteroatoms. The van der Waals surface area contributed by atoms with Crippen molar-refractivity contribution in [2.24, 2.45) is 23.7 Å². The third kappa shape index (κ3) is 6.35. The molecule has 0 amide bonds. The van der Waals surface area contributed by atoms with Gasteiger partial charge < -0.3 is 14.2 Å². The first kappa shape index (κ1) is 29.0. The molecule has 1 aliphatic heterocycles. The number of halogens is 6. The van der Waals surface area contributed by atoms with Crippen molar-refractivity contribution in [1.82, 2.24) is 0 Å². The van der Waals surface area contributed by atoms with Crippen LogP contribution in [0.1, 0.15) is 74.7 Å². The Bertz CT molecular complexity index is 1160. The summed E-state index contributed by atoms with van der Waals surface area (Å²) >= 11 is 0. The van der Waals surface area contributed by atoms with Crippen molar-refractivity contribution in [3.63, 3.8) is 0 Å². The van der Waals surface area contributed by atoms with Gasteiger partial charge in [-0.05, 0) is 80.8 Å². The summed E-state index contributed by atoms with van der Waals surface area (Å²) < 4.78 is 101. The van der Waals surface area contributed by atoms with E-state index in [2.05, 4.69) is 11.3 Å². The maximum Gasteiger partial charge on any atom is 0.400 e. The van der Waals surface area contributed by atoms with Crippen LogP contribution in [0.15, 0.2) is 43.0 Å². The zero-order valence-corrected chi connectivity index (χ0v) is 22.2. The van der Waals surface area contributed by atoms with Gasteiger partial charge in [-0.3, -0.25) is 0 Å². The minimum atomic E-state index is -3.62. The van der Waals surface area contributed by atoms with E-state index in [0.29, 0.717) is 61.2 Å². The van der Waals surface area contributed by atoms with Crippen molar-refractivity contribution in [1.29, 1.82) is 0 Å². The van der Waals surface area contributed by atoms with Crippen LogP contribution >= 0.6 is 0 Å². The van der Waals surface area contributed by atoms with E-state index in [1.54, 1.807) is 6.08 Å². The summed E-state index contributed by atoms with van der Waals surface area (Å²) in [6, 6.07) is 6.06. The second-order valence-electron chi connectivity index (χ2n) is 11.4. The van der Waals surface area contributed by atoms with Crippen LogP contribution in [0.25, 0.3) is 0 Å². The first-order valence-electron chi connectivity index (χ1n) is 14.0. The van der Waals surface area contributed by atoms with E-state index in [1.165, 1.54) is 6.07 Å². The number of ether oxygens (including phenoxy) is 3. The Morgan fingerprint density at radius 3 is 1.90 bits per heavy atom. The number of hydrogen-bond acceptors (Lipinski definition) is 3. The van der Waals surface area contributed by atoms with Crippen molar-refractivity contribution < 1.29 is 40.6 Å². The molecule has 40 heavy (non-hydrogen) atoms. The summed E-state index contributed by atoms with van der Waals surface area (Å²) in [7, 11) is 0. The van der Waals surface area contributed by atoms with Gasteiger partial charge in [0.1, 0.15) is 11.6 Å². The Hall–Kier alpha value is -2.52. The van der Waals surface area contributed by atoms with Gasteiger partial charge in [-0.15, -0.1) is 6.58 Å². The van der Waals surface area contributed by atoms with Crippen molar-refractivity contribution in [2.75, 3.05) is 13.2 Å². The van der Waals surface area contributed by atoms with E-state index >= 15 is 4.39 Å². The van der Waals surface area contributed by atoms with Gasteiger partial charge >= 0.3 is 6.11 Å². The summed E-state index contributed by atoms with van der Waals surface area (Å²) in [4.78, 5) is 0. The fourth-order valence-electron chi connectivity index (χ4n) is 6.53. The average molecular weight is 569 g/mol. The largest absolute Gasteiger partial charge is 0.432 e. The molecule has 3 fully saturated rings. The van der Waals surface area contributed by atoms with Gasteiger partial charge in [0.15, 0.2) is 23.7 Å². The Morgan fingerprint density at radius 1 is 0.775 bits per heavy atom. The minimum absolute atomic E-state index is 0.106. The molecule has 3 aliphatic rings. The Kier molecular flexibility index (Phi) is 8.80. The lowest BCUT2D eigenvalue weighted by Crippen LogP contribution is -2.38. The molecule has 0 N–H and O–H groups in total. The second-order valence-corrected chi connectivity index (χ2v) is 11.4. The number of hydrogen-bond donors (Lipinski definition) is 0. The SMILES string of the molecule is C=CC1COC(c2ccc(C3CCC(C4CCC(C(F)(F)Oc5cc(F)c(F)c(F)c5)CC4)CC3)c(F)c2)OC1. The predicted molar refractivity (Wildman–Crippen MR) is 137 cm³/mol. The Balaban J connectivity index is 1.11. The van der Waals surface area contributed by atoms with Crippen LogP contribution in [-0.4, -0.2) is 19.3 Å². The molecule has 0 atom stereocenters. The maximum atomic E-state index is 15.1. The van der Waals surface area contributed by atoms with E-state index in [0.717, 1.165) is 25.7 Å². The molecule has 0 radical (unpaired) electrons. The van der Waals surface area contributed by atoms with Crippen LogP contribution in [-0.2, 0) is 9.47 Å². The molecule has 0 spiro atoms. The lowest BCUT2D eigenvalue weighted by atomic mass is 9.68. The second kappa shape index (κ2) is 12.1. The van der Waals surface area contributed by atoms with Crippen LogP contribution in [0.4, 0.5) is 26.3 Å². The van der Waals surface area contributed by atoms with Gasteiger partial charge in [0.05, 0.1) is 19.1 Å². The van der Waals surface area contributed by atoms with Crippen LogP contribution in [0.2, 0.25) is 0 Å². The molecule has 3 nitrogen and oxygen atoms in total. The molecule has 2 aromatic rings. The predicted octanol–water partition coefficient (Wildman–Crippen LogP) is 8.84. The number of benzene rings is 2. The Labute approximate surface area is 230 Å². The van der Waals surface area contributed by atoms with Gasteiger partial charge in [0.25, 0.3) is 0 Å². The van der Waals surface area contributed by atoms with Crippen molar-refractivity contribution >= 4 is 0 Å². The molecule has 0 unspecified atom stereocenters. The molecular weight excluding hydrogens is 534 g/mol. The molecule has 1 saturated heterocycles. The van der Waals surface area contributed by atoms with Gasteiger partial charge in [-0.25, -0.2) is 17.6 Å². The molecule has 218 valence electrons. The third-order valence-electron chi connectivity index (χ3n) is 8.89. The van der Waals surface area contributed by atoms with E-state index in [1.807, 2.05) is 12.1 Å². The zero-order chi connectivity index (χ0) is 28.4. The van der Waals surface area contributed by atoms with Gasteiger partial charge in [-0.1, -0.05) is 18.2 Å². The topological polar surface area (TPSA) is 27.7 Å². The fraction of sp³-hybridized carbons (Fsp3) is 0.548. The lowest BCUT2D eigenvalue weighted by Gasteiger charge is -2.39. The lowest BCUT2D eigenvalue weighted by molar-refractivity contribution is -0.224. The molecule has 2 saturated carbocycles. The molecule has 0 aromatic heterocycles. The average Bonchev–Trinajstić information content (AvgIpc) is 2.96. The van der Waals surface area contributed by atoms with Crippen molar-refractivity contribution in [3.05, 3.63) is 77.4 Å². The standard InChI is InChI=1S/C31H34F6O3/c1-2-18-16-38-30(39-17-18)22-9-12-25(26(32)13-22)21-5-3-19(4-6-21)20-7-10-23(11-8-20)31(36,37)40-24-14-27(33)29(35)28(34)15-24/h2,9,12-15,18-21,23,30H,1,3-8,10-11,16-17H2. The van der Waals surface area contributed by atoms with Crippen LogP contribution in [0.3, 0.4) is 0 Å². The summed E-state index contributed by atoms with van der Waals surface area (Å²) in [5, 5.41) is 0. The van der Waals surface area contributed by atoms with E-state index in [9.17, 15) is 22.0 Å². The van der Waals surface area contributed by atoms with E-state index in [-0.39, 0.29) is 30.5 Å². The highest BCUT2D eigenvalue weighted by Crippen LogP contribution is 2.47. The summed E-state index contributed by atoms with van der Waals surface area (Å²) in [5.41, 5.74) is 1.35. The Morgan fingerprint density at radius 2 is 1.35 bits per heavy atom.